The van der Waals surface area contributed by atoms with Crippen LogP contribution in [0.2, 0.25) is 0 Å². The summed E-state index contributed by atoms with van der Waals surface area (Å²) < 4.78 is 0. The smallest absolute Gasteiger partial charge is 0.0734 e. The van der Waals surface area contributed by atoms with Gasteiger partial charge in [0.2, 0.25) is 0 Å². The van der Waals surface area contributed by atoms with Gasteiger partial charge in [-0.25, -0.2) is 0 Å². The first-order valence-corrected chi connectivity index (χ1v) is 1.38. The zero-order valence-corrected chi connectivity index (χ0v) is 3.71. The predicted octanol–water partition coefficient (Wildman–Crippen LogP) is -0.200. The summed E-state index contributed by atoms with van der Waals surface area (Å²) in [4.78, 5) is 8.13. The molecule has 4 heteroatoms. The summed E-state index contributed by atoms with van der Waals surface area (Å²) in [5.41, 5.74) is 0. The summed E-state index contributed by atoms with van der Waals surface area (Å²) in [6, 6.07) is 0. The van der Waals surface area contributed by atoms with Gasteiger partial charge in [0.1, 0.15) is 0 Å². The van der Waals surface area contributed by atoms with E-state index in [0.717, 1.165) is 0 Å². The molecule has 4 nitrogen and oxygen atoms in total. The van der Waals surface area contributed by atoms with E-state index >= 15 is 0 Å². The van der Waals surface area contributed by atoms with Gasteiger partial charge in [0, 0.05) is 0 Å². The Morgan fingerprint density at radius 2 is 1.67 bits per heavy atom. The molecule has 0 aromatic carbocycles. The van der Waals surface area contributed by atoms with E-state index in [1.807, 2.05) is 0 Å². The highest BCUT2D eigenvalue weighted by atomic mass is 17.1. The van der Waals surface area contributed by atoms with Crippen LogP contribution in [0.15, 0.2) is 0 Å². The Labute approximate surface area is 35.7 Å². The van der Waals surface area contributed by atoms with Crippen molar-refractivity contribution in [2.75, 3.05) is 14.2 Å². The third-order valence-corrected chi connectivity index (χ3v) is 0.312. The molecule has 6 heavy (non-hydrogen) atoms. The van der Waals surface area contributed by atoms with Gasteiger partial charge in [-0.1, -0.05) is 0 Å². The second kappa shape index (κ2) is 3.05. The van der Waals surface area contributed by atoms with Gasteiger partial charge < -0.3 is 0 Å². The second-order valence-electron chi connectivity index (χ2n) is 0.603. The fourth-order valence-corrected chi connectivity index (χ4v) is 0.0745. The minimum Gasteiger partial charge on any atom is -0.266 e. The predicted molar refractivity (Wildman–Crippen MR) is 17.6 cm³/mol. The number of rotatable bonds is 2. The van der Waals surface area contributed by atoms with Crippen LogP contribution in [-0.4, -0.2) is 24.8 Å². The normalized spacial score (nSPS) is 10.0. The van der Waals surface area contributed by atoms with Crippen molar-refractivity contribution in [2.45, 2.75) is 0 Å². The quantitative estimate of drug-likeness (QED) is 0.480. The zero-order chi connectivity index (χ0) is 4.99. The molecule has 0 bridgehead atoms. The molecule has 0 aliphatic heterocycles. The summed E-state index contributed by atoms with van der Waals surface area (Å²) in [7, 11) is 2.56. The van der Waals surface area contributed by atoms with Gasteiger partial charge in [0.15, 0.2) is 0 Å². The minimum absolute atomic E-state index is 0.250. The van der Waals surface area contributed by atoms with Crippen LogP contribution in [0.4, 0.5) is 0 Å². The lowest BCUT2D eigenvalue weighted by atomic mass is 11.7. The van der Waals surface area contributed by atoms with Crippen LogP contribution in [-0.2, 0) is 9.68 Å². The van der Waals surface area contributed by atoms with Gasteiger partial charge in [-0.3, -0.25) is 14.9 Å². The number of hydrogen-bond donors (Lipinski definition) is 1. The monoisotopic (exact) mass is 93.0 g/mol. The molecule has 0 fully saturated rings. The summed E-state index contributed by atoms with van der Waals surface area (Å²) in [5, 5.41) is 8.31. The summed E-state index contributed by atoms with van der Waals surface area (Å²) in [6.07, 6.45) is 0. The van der Waals surface area contributed by atoms with Crippen LogP contribution in [0, 0.1) is 0 Å². The van der Waals surface area contributed by atoms with Crippen molar-refractivity contribution < 1.29 is 14.9 Å². The topological polar surface area (TPSA) is 41.9 Å². The fraction of sp³-hybridized carbons (Fsp3) is 1.00. The molecule has 0 amide bonds. The first kappa shape index (κ1) is 5.84. The molecule has 0 saturated heterocycles. The minimum atomic E-state index is 0.250. The average Bonchev–Trinajstić information content (AvgIpc) is 1.65. The molecular weight excluding hydrogens is 86.0 g/mol. The van der Waals surface area contributed by atoms with Crippen molar-refractivity contribution in [2.24, 2.45) is 0 Å². The molecule has 0 spiro atoms. The zero-order valence-electron chi connectivity index (χ0n) is 3.71. The highest BCUT2D eigenvalue weighted by Gasteiger charge is 1.85. The molecule has 0 aromatic heterocycles. The van der Waals surface area contributed by atoms with Crippen LogP contribution in [0.3, 0.4) is 0 Å². The second-order valence-corrected chi connectivity index (χ2v) is 0.603. The van der Waals surface area contributed by atoms with E-state index < -0.39 is 0 Å². The maximum absolute atomic E-state index is 8.06. The van der Waals surface area contributed by atoms with E-state index in [1.165, 1.54) is 14.2 Å². The first-order chi connectivity index (χ1) is 2.81. The first-order valence-electron chi connectivity index (χ1n) is 1.38. The van der Waals surface area contributed by atoms with Crippen molar-refractivity contribution in [3.63, 3.8) is 0 Å². The lowest BCUT2D eigenvalue weighted by molar-refractivity contribution is -0.493. The van der Waals surface area contributed by atoms with Crippen LogP contribution < -0.4 is 0 Å². The van der Waals surface area contributed by atoms with Crippen LogP contribution in [0.25, 0.3) is 0 Å². The lowest BCUT2D eigenvalue weighted by Crippen LogP contribution is -2.14. The van der Waals surface area contributed by atoms with Crippen molar-refractivity contribution in [1.29, 1.82) is 0 Å². The molecule has 0 radical (unpaired) electrons. The van der Waals surface area contributed by atoms with E-state index in [-0.39, 0.29) is 5.39 Å². The van der Waals surface area contributed by atoms with Crippen LogP contribution in [0.1, 0.15) is 0 Å². The molecular formula is C2H7NO3. The Kier molecular flexibility index (Phi) is 2.97. The number of nitrogens with zero attached hydrogens (tertiary/aromatic N) is 1. The van der Waals surface area contributed by atoms with E-state index in [4.69, 9.17) is 5.21 Å². The SMILES string of the molecule is CON(O)OC. The highest BCUT2D eigenvalue weighted by Crippen LogP contribution is 1.74. The van der Waals surface area contributed by atoms with Crippen molar-refractivity contribution in [1.82, 2.24) is 5.39 Å². The molecule has 1 N–H and O–H groups in total. The van der Waals surface area contributed by atoms with Crippen LogP contribution in [0.5, 0.6) is 0 Å². The molecule has 0 aliphatic carbocycles. The third-order valence-electron chi connectivity index (χ3n) is 0.312. The van der Waals surface area contributed by atoms with Gasteiger partial charge in [-0.15, -0.1) is 0 Å². The Balaban J connectivity index is 2.75. The van der Waals surface area contributed by atoms with E-state index in [0.29, 0.717) is 0 Å². The molecule has 0 aliphatic rings. The fourth-order valence-electron chi connectivity index (χ4n) is 0.0745. The van der Waals surface area contributed by atoms with Crippen molar-refractivity contribution >= 4 is 0 Å². The van der Waals surface area contributed by atoms with Crippen molar-refractivity contribution in [3.05, 3.63) is 0 Å². The lowest BCUT2D eigenvalue weighted by Gasteiger charge is -2.03. The van der Waals surface area contributed by atoms with Gasteiger partial charge >= 0.3 is 0 Å². The summed E-state index contributed by atoms with van der Waals surface area (Å²) in [5.74, 6) is 0. The molecule has 38 valence electrons. The van der Waals surface area contributed by atoms with E-state index in [1.54, 1.807) is 0 Å². The highest BCUT2D eigenvalue weighted by molar-refractivity contribution is 3.63. The molecule has 0 atom stereocenters. The molecule has 0 unspecified atom stereocenters. The Morgan fingerprint density at radius 1 is 1.33 bits per heavy atom. The third kappa shape index (κ3) is 2.10. The Hall–Kier alpha value is -0.160. The van der Waals surface area contributed by atoms with Gasteiger partial charge in [0.25, 0.3) is 0 Å². The maximum Gasteiger partial charge on any atom is 0.0734 e. The van der Waals surface area contributed by atoms with Crippen LogP contribution >= 0.6 is 0 Å². The Bertz CT molecular complexity index is 28.0. The molecule has 0 heterocycles. The largest absolute Gasteiger partial charge is 0.266 e. The summed E-state index contributed by atoms with van der Waals surface area (Å²) in [6.45, 7) is 0. The van der Waals surface area contributed by atoms with Gasteiger partial charge in [-0.05, 0) is 0 Å². The van der Waals surface area contributed by atoms with E-state index in [9.17, 15) is 0 Å². The Morgan fingerprint density at radius 3 is 1.67 bits per heavy atom. The molecule has 0 saturated carbocycles. The molecule has 0 rings (SSSR count). The standard InChI is InChI=1S/C2H7NO3/c1-5-3(4)6-2/h4H,1-2H3. The van der Waals surface area contributed by atoms with E-state index in [2.05, 4.69) is 9.68 Å². The number of hydrogen-bond acceptors (Lipinski definition) is 4. The van der Waals surface area contributed by atoms with Gasteiger partial charge in [-0.2, -0.15) is 0 Å². The molecule has 0 aromatic rings. The maximum atomic E-state index is 8.06. The average molecular weight is 93.1 g/mol. The summed E-state index contributed by atoms with van der Waals surface area (Å²) >= 11 is 0. The van der Waals surface area contributed by atoms with Crippen molar-refractivity contribution in [3.8, 4) is 0 Å². The van der Waals surface area contributed by atoms with Gasteiger partial charge in [0.05, 0.1) is 19.6 Å².